The Kier molecular flexibility index (Phi) is 2.18. The van der Waals surface area contributed by atoms with Crippen LogP contribution in [0.25, 0.3) is 0 Å². The molecule has 4 nitrogen and oxygen atoms in total. The molecule has 2 aliphatic heterocycles. The molecule has 0 aromatic heterocycles. The van der Waals surface area contributed by atoms with Crippen LogP contribution in [0, 0.1) is 0 Å². The van der Waals surface area contributed by atoms with Crippen molar-refractivity contribution in [3.8, 4) is 11.5 Å². The average Bonchev–Trinajstić information content (AvgIpc) is 3.47. The van der Waals surface area contributed by atoms with Gasteiger partial charge >= 0.3 is 0 Å². The van der Waals surface area contributed by atoms with E-state index in [1.807, 2.05) is 12.1 Å². The molecule has 2 spiro atoms. The van der Waals surface area contributed by atoms with Gasteiger partial charge in [-0.3, -0.25) is 0 Å². The molecule has 0 radical (unpaired) electrons. The Morgan fingerprint density at radius 1 is 0.727 bits per heavy atom. The third-order valence-corrected chi connectivity index (χ3v) is 5.06. The van der Waals surface area contributed by atoms with Crippen molar-refractivity contribution >= 4 is 0 Å². The molecule has 2 unspecified atom stereocenters. The Labute approximate surface area is 128 Å². The predicted molar refractivity (Wildman–Crippen MR) is 79.5 cm³/mol. The van der Waals surface area contributed by atoms with Gasteiger partial charge in [0.15, 0.2) is 0 Å². The van der Waals surface area contributed by atoms with Gasteiger partial charge in [0.25, 0.3) is 0 Å². The van der Waals surface area contributed by atoms with Crippen LogP contribution in [0.2, 0.25) is 0 Å². The molecule has 22 heavy (non-hydrogen) atoms. The highest BCUT2D eigenvalue weighted by Crippen LogP contribution is 2.61. The van der Waals surface area contributed by atoms with Gasteiger partial charge in [-0.15, -0.1) is 0 Å². The highest BCUT2D eigenvalue weighted by molar-refractivity contribution is 5.63. The molecule has 5 rings (SSSR count). The number of fused-ring (bicyclic) bond motifs is 6. The normalized spacial score (nSPS) is 29.9. The lowest BCUT2D eigenvalue weighted by atomic mass is 9.72. The minimum Gasteiger partial charge on any atom is -0.497 e. The van der Waals surface area contributed by atoms with Gasteiger partial charge in [0.2, 0.25) is 0 Å². The summed E-state index contributed by atoms with van der Waals surface area (Å²) in [5, 5.41) is 0. The minimum atomic E-state index is -0.345. The zero-order chi connectivity index (χ0) is 14.9. The van der Waals surface area contributed by atoms with Crippen LogP contribution in [0.3, 0.4) is 0 Å². The van der Waals surface area contributed by atoms with Crippen molar-refractivity contribution in [1.82, 2.24) is 0 Å². The van der Waals surface area contributed by atoms with Gasteiger partial charge in [-0.05, 0) is 35.4 Å². The Morgan fingerprint density at radius 3 is 1.45 bits per heavy atom. The Morgan fingerprint density at radius 2 is 1.14 bits per heavy atom. The van der Waals surface area contributed by atoms with Crippen molar-refractivity contribution < 1.29 is 18.9 Å². The van der Waals surface area contributed by atoms with E-state index in [4.69, 9.17) is 18.9 Å². The molecule has 2 saturated heterocycles. The van der Waals surface area contributed by atoms with Gasteiger partial charge in [-0.1, -0.05) is 12.1 Å². The first-order valence-electron chi connectivity index (χ1n) is 7.39. The van der Waals surface area contributed by atoms with Crippen molar-refractivity contribution in [1.29, 1.82) is 0 Å². The van der Waals surface area contributed by atoms with Gasteiger partial charge < -0.3 is 18.9 Å². The van der Waals surface area contributed by atoms with E-state index in [1.165, 1.54) is 22.3 Å². The summed E-state index contributed by atoms with van der Waals surface area (Å²) in [6, 6.07) is 12.4. The van der Waals surface area contributed by atoms with Crippen molar-refractivity contribution in [3.63, 3.8) is 0 Å². The molecule has 2 aromatic rings. The maximum absolute atomic E-state index is 5.93. The molecular formula is C18H16O4. The fourth-order valence-electron chi connectivity index (χ4n) is 3.73. The topological polar surface area (TPSA) is 43.5 Å². The molecule has 2 heterocycles. The fourth-order valence-corrected chi connectivity index (χ4v) is 3.73. The minimum absolute atomic E-state index is 0.345. The molecule has 3 aliphatic rings. The number of methoxy groups -OCH3 is 2. The number of hydrogen-bond donors (Lipinski definition) is 0. The quantitative estimate of drug-likeness (QED) is 0.799. The summed E-state index contributed by atoms with van der Waals surface area (Å²) in [5.74, 6) is 1.70. The molecule has 0 N–H and O–H groups in total. The lowest BCUT2D eigenvalue weighted by Gasteiger charge is -2.31. The summed E-state index contributed by atoms with van der Waals surface area (Å²) < 4.78 is 22.7. The van der Waals surface area contributed by atoms with E-state index < -0.39 is 0 Å². The van der Waals surface area contributed by atoms with E-state index in [2.05, 4.69) is 24.3 Å². The second kappa shape index (κ2) is 3.83. The third-order valence-electron chi connectivity index (χ3n) is 5.06. The Bertz CT molecular complexity index is 720. The van der Waals surface area contributed by atoms with E-state index in [0.717, 1.165) is 11.5 Å². The lowest BCUT2D eigenvalue weighted by molar-refractivity contribution is 0.300. The number of benzene rings is 2. The van der Waals surface area contributed by atoms with Crippen molar-refractivity contribution in [2.45, 2.75) is 11.2 Å². The van der Waals surface area contributed by atoms with Crippen LogP contribution in [0.1, 0.15) is 22.3 Å². The van der Waals surface area contributed by atoms with E-state index in [1.54, 1.807) is 14.2 Å². The number of ether oxygens (including phenoxy) is 4. The Hall–Kier alpha value is -2.04. The van der Waals surface area contributed by atoms with E-state index in [9.17, 15) is 0 Å². The molecular weight excluding hydrogens is 280 g/mol. The second-order valence-electron chi connectivity index (χ2n) is 6.05. The van der Waals surface area contributed by atoms with Crippen LogP contribution in [-0.4, -0.2) is 27.4 Å². The molecule has 0 amide bonds. The van der Waals surface area contributed by atoms with Crippen LogP contribution in [-0.2, 0) is 20.7 Å². The second-order valence-corrected chi connectivity index (χ2v) is 6.05. The molecule has 1 aliphatic carbocycles. The van der Waals surface area contributed by atoms with Crippen molar-refractivity contribution in [2.24, 2.45) is 0 Å². The fraction of sp³-hybridized carbons (Fsp3) is 0.333. The molecule has 0 bridgehead atoms. The van der Waals surface area contributed by atoms with Gasteiger partial charge in [-0.25, -0.2) is 0 Å². The smallest absolute Gasteiger partial charge is 0.142 e. The summed E-state index contributed by atoms with van der Waals surface area (Å²) >= 11 is 0. The van der Waals surface area contributed by atoms with Crippen molar-refractivity contribution in [3.05, 3.63) is 58.7 Å². The molecule has 2 fully saturated rings. The average molecular weight is 296 g/mol. The SMILES string of the molecule is COc1ccc2c(c1)C1(CO1)c1ccc(OC)cc1C21CO1. The standard InChI is InChI=1S/C18H16O4/c1-19-11-3-5-13-15(7-11)17(9-21-17)14-6-4-12(20-2)8-16(14)18(13)10-22-18/h3-8H,9-10H2,1-2H3. The zero-order valence-corrected chi connectivity index (χ0v) is 12.5. The number of epoxide rings is 2. The van der Waals surface area contributed by atoms with Gasteiger partial charge in [0.1, 0.15) is 22.7 Å². The molecule has 2 aromatic carbocycles. The van der Waals surface area contributed by atoms with Crippen LogP contribution in [0.15, 0.2) is 36.4 Å². The zero-order valence-electron chi connectivity index (χ0n) is 12.5. The summed E-state index contributed by atoms with van der Waals surface area (Å²) in [6.07, 6.45) is 0. The van der Waals surface area contributed by atoms with Gasteiger partial charge in [0.05, 0.1) is 27.4 Å². The van der Waals surface area contributed by atoms with Crippen LogP contribution in [0.4, 0.5) is 0 Å². The van der Waals surface area contributed by atoms with E-state index in [0.29, 0.717) is 13.2 Å². The highest BCUT2D eigenvalue weighted by Gasteiger charge is 2.63. The predicted octanol–water partition coefficient (Wildman–Crippen LogP) is 2.56. The first-order valence-corrected chi connectivity index (χ1v) is 7.39. The van der Waals surface area contributed by atoms with Crippen LogP contribution >= 0.6 is 0 Å². The monoisotopic (exact) mass is 296 g/mol. The maximum Gasteiger partial charge on any atom is 0.142 e. The van der Waals surface area contributed by atoms with E-state index >= 15 is 0 Å². The maximum atomic E-state index is 5.93. The Balaban J connectivity index is 1.80. The van der Waals surface area contributed by atoms with Crippen LogP contribution in [0.5, 0.6) is 11.5 Å². The molecule has 2 atom stereocenters. The van der Waals surface area contributed by atoms with E-state index in [-0.39, 0.29) is 11.2 Å². The number of rotatable bonds is 2. The first-order chi connectivity index (χ1) is 10.7. The summed E-state index contributed by atoms with van der Waals surface area (Å²) in [5.41, 5.74) is 4.02. The third kappa shape index (κ3) is 1.35. The molecule has 112 valence electrons. The number of hydrogen-bond acceptors (Lipinski definition) is 4. The largest absolute Gasteiger partial charge is 0.497 e. The van der Waals surface area contributed by atoms with Crippen molar-refractivity contribution in [2.75, 3.05) is 27.4 Å². The summed E-state index contributed by atoms with van der Waals surface area (Å²) in [4.78, 5) is 0. The molecule has 0 saturated carbocycles. The van der Waals surface area contributed by atoms with Gasteiger partial charge in [0, 0.05) is 11.1 Å². The van der Waals surface area contributed by atoms with Gasteiger partial charge in [-0.2, -0.15) is 0 Å². The summed E-state index contributed by atoms with van der Waals surface area (Å²) in [7, 11) is 3.38. The highest BCUT2D eigenvalue weighted by atomic mass is 16.6. The van der Waals surface area contributed by atoms with Crippen LogP contribution < -0.4 is 9.47 Å². The summed E-state index contributed by atoms with van der Waals surface area (Å²) in [6.45, 7) is 1.39. The first kappa shape index (κ1) is 12.5. The lowest BCUT2D eigenvalue weighted by Crippen LogP contribution is -2.29. The molecule has 4 heteroatoms.